The third-order valence-corrected chi connectivity index (χ3v) is 3.22. The minimum Gasteiger partial charge on any atom is -0.459 e. The van der Waals surface area contributed by atoms with E-state index in [4.69, 9.17) is 4.74 Å². The molecule has 0 bridgehead atoms. The Morgan fingerprint density at radius 2 is 1.80 bits per heavy atom. The molecule has 0 spiro atoms. The molecule has 25 heavy (non-hydrogen) atoms. The van der Waals surface area contributed by atoms with Crippen molar-refractivity contribution in [2.45, 2.75) is 45.9 Å². The molecule has 1 atom stereocenters. The molecule has 0 saturated heterocycles. The lowest BCUT2D eigenvalue weighted by Crippen LogP contribution is -2.33. The Balaban J connectivity index is 3.23. The SMILES string of the molecule is CC(=O)C(Cc1ccc(C(F)(F)F)cc1[N+](=O)[O-])C(=O)OC(C)(C)C. The topological polar surface area (TPSA) is 86.5 Å². The highest BCUT2D eigenvalue weighted by Gasteiger charge is 2.35. The second-order valence-electron chi connectivity index (χ2n) is 6.50. The average molecular weight is 361 g/mol. The molecular weight excluding hydrogens is 343 g/mol. The molecule has 0 aliphatic rings. The van der Waals surface area contributed by atoms with E-state index in [1.807, 2.05) is 0 Å². The molecule has 0 aromatic heterocycles. The molecule has 9 heteroatoms. The van der Waals surface area contributed by atoms with Gasteiger partial charge < -0.3 is 4.74 Å². The number of benzene rings is 1. The van der Waals surface area contributed by atoms with Crippen molar-refractivity contribution < 1.29 is 32.4 Å². The molecule has 1 rings (SSSR count). The maximum Gasteiger partial charge on any atom is 0.416 e. The molecule has 1 unspecified atom stereocenters. The normalized spacial score (nSPS) is 13.2. The van der Waals surface area contributed by atoms with Gasteiger partial charge in [0.25, 0.3) is 5.69 Å². The predicted octanol–water partition coefficient (Wildman–Crippen LogP) is 3.70. The maximum atomic E-state index is 12.7. The molecule has 6 nitrogen and oxygen atoms in total. The van der Waals surface area contributed by atoms with Crippen LogP contribution in [0.5, 0.6) is 0 Å². The lowest BCUT2D eigenvalue weighted by atomic mass is 9.94. The standard InChI is InChI=1S/C16H18F3NO5/c1-9(21)12(14(22)25-15(2,3)4)7-10-5-6-11(16(17,18)19)8-13(10)20(23)24/h5-6,8,12H,7H2,1-4H3. The van der Waals surface area contributed by atoms with Gasteiger partial charge in [0.15, 0.2) is 0 Å². The minimum absolute atomic E-state index is 0.149. The number of ether oxygens (including phenoxy) is 1. The van der Waals surface area contributed by atoms with Crippen molar-refractivity contribution in [1.82, 2.24) is 0 Å². The van der Waals surface area contributed by atoms with Crippen molar-refractivity contribution in [2.24, 2.45) is 5.92 Å². The first-order valence-electron chi connectivity index (χ1n) is 7.30. The fourth-order valence-electron chi connectivity index (χ4n) is 2.07. The van der Waals surface area contributed by atoms with Crippen LogP contribution >= 0.6 is 0 Å². The van der Waals surface area contributed by atoms with Crippen LogP contribution in [0, 0.1) is 16.0 Å². The molecular formula is C16H18F3NO5. The predicted molar refractivity (Wildman–Crippen MR) is 81.8 cm³/mol. The van der Waals surface area contributed by atoms with Gasteiger partial charge in [-0.1, -0.05) is 6.07 Å². The molecule has 138 valence electrons. The first-order valence-corrected chi connectivity index (χ1v) is 7.30. The van der Waals surface area contributed by atoms with E-state index in [0.717, 1.165) is 13.0 Å². The van der Waals surface area contributed by atoms with Crippen LogP contribution in [-0.4, -0.2) is 22.3 Å². The summed E-state index contributed by atoms with van der Waals surface area (Å²) in [6, 6.07) is 1.97. The number of nitro groups is 1. The van der Waals surface area contributed by atoms with Gasteiger partial charge >= 0.3 is 12.1 Å². The second-order valence-corrected chi connectivity index (χ2v) is 6.50. The molecule has 1 aromatic carbocycles. The summed E-state index contributed by atoms with van der Waals surface area (Å²) in [6.07, 6.45) is -5.16. The Kier molecular flexibility index (Phi) is 5.93. The van der Waals surface area contributed by atoms with E-state index in [-0.39, 0.29) is 5.56 Å². The first-order chi connectivity index (χ1) is 11.2. The van der Waals surface area contributed by atoms with E-state index in [2.05, 4.69) is 0 Å². The van der Waals surface area contributed by atoms with Gasteiger partial charge in [-0.3, -0.25) is 19.7 Å². The van der Waals surface area contributed by atoms with Gasteiger partial charge in [0.1, 0.15) is 17.3 Å². The van der Waals surface area contributed by atoms with Crippen LogP contribution in [0.25, 0.3) is 0 Å². The monoisotopic (exact) mass is 361 g/mol. The average Bonchev–Trinajstić information content (AvgIpc) is 2.40. The van der Waals surface area contributed by atoms with Crippen molar-refractivity contribution >= 4 is 17.4 Å². The summed E-state index contributed by atoms with van der Waals surface area (Å²) in [5.41, 5.74) is -3.01. The Morgan fingerprint density at radius 3 is 2.20 bits per heavy atom. The van der Waals surface area contributed by atoms with Gasteiger partial charge in [-0.2, -0.15) is 13.2 Å². The first kappa shape index (κ1) is 20.6. The van der Waals surface area contributed by atoms with Crippen molar-refractivity contribution in [1.29, 1.82) is 0 Å². The van der Waals surface area contributed by atoms with Gasteiger partial charge in [-0.15, -0.1) is 0 Å². The van der Waals surface area contributed by atoms with E-state index in [1.165, 1.54) is 0 Å². The van der Waals surface area contributed by atoms with E-state index < -0.39 is 52.0 Å². The van der Waals surface area contributed by atoms with E-state index >= 15 is 0 Å². The summed E-state index contributed by atoms with van der Waals surface area (Å²) in [5.74, 6) is -2.81. The highest BCUT2D eigenvalue weighted by Crippen LogP contribution is 2.34. The number of nitrogens with zero attached hydrogens (tertiary/aromatic N) is 1. The van der Waals surface area contributed by atoms with Crippen molar-refractivity contribution in [3.05, 3.63) is 39.4 Å². The van der Waals surface area contributed by atoms with Crippen LogP contribution in [0.2, 0.25) is 0 Å². The maximum absolute atomic E-state index is 12.7. The van der Waals surface area contributed by atoms with Crippen LogP contribution in [0.1, 0.15) is 38.8 Å². The Hall–Kier alpha value is -2.45. The van der Waals surface area contributed by atoms with E-state index in [9.17, 15) is 32.9 Å². The molecule has 1 aromatic rings. The zero-order valence-corrected chi connectivity index (χ0v) is 14.1. The molecule has 0 fully saturated rings. The summed E-state index contributed by atoms with van der Waals surface area (Å²) in [4.78, 5) is 34.0. The molecule has 0 N–H and O–H groups in total. The number of rotatable bonds is 5. The lowest BCUT2D eigenvalue weighted by Gasteiger charge is -2.23. The molecule has 0 aliphatic heterocycles. The third kappa shape index (κ3) is 5.84. The highest BCUT2D eigenvalue weighted by molar-refractivity contribution is 5.98. The number of esters is 1. The van der Waals surface area contributed by atoms with Gasteiger partial charge in [-0.25, -0.2) is 0 Å². The van der Waals surface area contributed by atoms with Crippen LogP contribution in [-0.2, 0) is 26.9 Å². The molecule has 0 radical (unpaired) electrons. The second kappa shape index (κ2) is 7.20. The van der Waals surface area contributed by atoms with Crippen LogP contribution in [0.3, 0.4) is 0 Å². The minimum atomic E-state index is -4.74. The van der Waals surface area contributed by atoms with E-state index in [0.29, 0.717) is 12.1 Å². The smallest absolute Gasteiger partial charge is 0.416 e. The largest absolute Gasteiger partial charge is 0.459 e. The zero-order chi connectivity index (χ0) is 19.6. The van der Waals surface area contributed by atoms with Crippen molar-refractivity contribution in [3.63, 3.8) is 0 Å². The number of carbonyl (C=O) groups excluding carboxylic acids is 2. The summed E-state index contributed by atoms with van der Waals surface area (Å²) in [5, 5.41) is 11.1. The third-order valence-electron chi connectivity index (χ3n) is 3.22. The van der Waals surface area contributed by atoms with Crippen LogP contribution in [0.15, 0.2) is 18.2 Å². The lowest BCUT2D eigenvalue weighted by molar-refractivity contribution is -0.385. The highest BCUT2D eigenvalue weighted by atomic mass is 19.4. The molecule has 0 heterocycles. The van der Waals surface area contributed by atoms with Gasteiger partial charge in [0.2, 0.25) is 0 Å². The molecule has 0 amide bonds. The van der Waals surface area contributed by atoms with Gasteiger partial charge in [0.05, 0.1) is 10.5 Å². The Morgan fingerprint density at radius 1 is 1.24 bits per heavy atom. The number of alkyl halides is 3. The summed E-state index contributed by atoms with van der Waals surface area (Å²) in [6.45, 7) is 5.87. The van der Waals surface area contributed by atoms with Crippen LogP contribution < -0.4 is 0 Å². The molecule has 0 aliphatic carbocycles. The van der Waals surface area contributed by atoms with Gasteiger partial charge in [-0.05, 0) is 40.2 Å². The van der Waals surface area contributed by atoms with Crippen LogP contribution in [0.4, 0.5) is 18.9 Å². The zero-order valence-electron chi connectivity index (χ0n) is 14.1. The number of carbonyl (C=O) groups is 2. The van der Waals surface area contributed by atoms with Gasteiger partial charge in [0, 0.05) is 11.6 Å². The number of Topliss-reactive ketones (excluding diaryl/α,β-unsaturated/α-hetero) is 1. The number of hydrogen-bond acceptors (Lipinski definition) is 5. The number of ketones is 1. The fraction of sp³-hybridized carbons (Fsp3) is 0.500. The Labute approximate surface area is 142 Å². The number of hydrogen-bond donors (Lipinski definition) is 0. The number of halogens is 3. The Bertz CT molecular complexity index is 692. The summed E-state index contributed by atoms with van der Waals surface area (Å²) < 4.78 is 43.3. The summed E-state index contributed by atoms with van der Waals surface area (Å²) in [7, 11) is 0. The quantitative estimate of drug-likeness (QED) is 0.345. The molecule has 0 saturated carbocycles. The van der Waals surface area contributed by atoms with Crippen molar-refractivity contribution in [2.75, 3.05) is 0 Å². The fourth-order valence-corrected chi connectivity index (χ4v) is 2.07. The van der Waals surface area contributed by atoms with Crippen molar-refractivity contribution in [3.8, 4) is 0 Å². The number of nitro benzene ring substituents is 1. The van der Waals surface area contributed by atoms with E-state index in [1.54, 1.807) is 20.8 Å². The summed E-state index contributed by atoms with van der Waals surface area (Å²) >= 11 is 0.